The number of thioether (sulfide) groups is 1. The number of carbonyl (C=O) groups is 1. The Kier molecular flexibility index (Phi) is 7.11. The highest BCUT2D eigenvalue weighted by atomic mass is 35.5. The monoisotopic (exact) mass is 511 g/mol. The molecule has 4 aromatic carbocycles. The molecule has 8 heteroatoms. The van der Waals surface area contributed by atoms with Gasteiger partial charge in [-0.25, -0.2) is 5.43 Å². The third-order valence-electron chi connectivity index (χ3n) is 5.60. The molecule has 1 N–H and O–H groups in total. The average molecular weight is 512 g/mol. The largest absolute Gasteiger partial charge is 0.272 e. The number of nitrogens with zero attached hydrogens (tertiary/aromatic N) is 4. The van der Waals surface area contributed by atoms with E-state index in [0.717, 1.165) is 33.3 Å². The van der Waals surface area contributed by atoms with Crippen molar-refractivity contribution in [2.24, 2.45) is 5.10 Å². The molecule has 178 valence electrons. The van der Waals surface area contributed by atoms with Crippen molar-refractivity contribution < 1.29 is 4.79 Å². The topological polar surface area (TPSA) is 72.2 Å². The molecule has 5 rings (SSSR count). The summed E-state index contributed by atoms with van der Waals surface area (Å²) in [5.74, 6) is 0.590. The number of amides is 1. The second kappa shape index (κ2) is 10.8. The van der Waals surface area contributed by atoms with Crippen LogP contribution in [-0.4, -0.2) is 32.1 Å². The number of hydrogen-bond acceptors (Lipinski definition) is 5. The zero-order valence-corrected chi connectivity index (χ0v) is 21.0. The standard InChI is InChI=1S/C28H22ClN5OS/c1-19(22-12-11-20-7-5-6-10-23(20)17-22)30-31-26(35)18-36-28-33-32-27(21-8-3-2-4-9-21)34(28)25-15-13-24(29)14-16-25/h2-17H,18H2,1H3,(H,31,35)/b30-19+. The van der Waals surface area contributed by atoms with Crippen molar-refractivity contribution in [3.05, 3.63) is 108 Å². The SMILES string of the molecule is C/C(=N\NC(=O)CSc1nnc(-c2ccccc2)n1-c1ccc(Cl)cc1)c1ccc2ccccc2c1. The Morgan fingerprint density at radius 2 is 1.64 bits per heavy atom. The van der Waals surface area contributed by atoms with Crippen molar-refractivity contribution in [3.63, 3.8) is 0 Å². The normalized spacial score (nSPS) is 11.6. The maximum absolute atomic E-state index is 12.6. The number of aromatic nitrogens is 3. The molecule has 1 heterocycles. The highest BCUT2D eigenvalue weighted by Gasteiger charge is 2.17. The molecule has 0 aliphatic carbocycles. The van der Waals surface area contributed by atoms with E-state index in [4.69, 9.17) is 11.6 Å². The van der Waals surface area contributed by atoms with Gasteiger partial charge < -0.3 is 0 Å². The molecule has 0 aliphatic rings. The van der Waals surface area contributed by atoms with Crippen molar-refractivity contribution in [3.8, 4) is 17.1 Å². The van der Waals surface area contributed by atoms with Crippen LogP contribution >= 0.6 is 23.4 Å². The van der Waals surface area contributed by atoms with Gasteiger partial charge in [0.15, 0.2) is 11.0 Å². The highest BCUT2D eigenvalue weighted by molar-refractivity contribution is 7.99. The summed E-state index contributed by atoms with van der Waals surface area (Å²) in [5.41, 5.74) is 6.12. The number of hydrazone groups is 1. The second-order valence-corrected chi connectivity index (χ2v) is 9.45. The number of halogens is 1. The Bertz CT molecular complexity index is 1550. The van der Waals surface area contributed by atoms with Gasteiger partial charge in [0.25, 0.3) is 5.91 Å². The fraction of sp³-hybridized carbons (Fsp3) is 0.0714. The zero-order chi connectivity index (χ0) is 24.9. The van der Waals surface area contributed by atoms with Crippen LogP contribution in [0.2, 0.25) is 5.02 Å². The zero-order valence-electron chi connectivity index (χ0n) is 19.4. The first-order valence-corrected chi connectivity index (χ1v) is 12.7. The molecule has 0 spiro atoms. The van der Waals surface area contributed by atoms with E-state index >= 15 is 0 Å². The van der Waals surface area contributed by atoms with Crippen molar-refractivity contribution in [1.29, 1.82) is 0 Å². The van der Waals surface area contributed by atoms with E-state index in [1.807, 2.05) is 84.3 Å². The van der Waals surface area contributed by atoms with Gasteiger partial charge in [-0.2, -0.15) is 5.10 Å². The summed E-state index contributed by atoms with van der Waals surface area (Å²) in [4.78, 5) is 12.6. The number of nitrogens with one attached hydrogen (secondary N) is 1. The molecule has 0 bridgehead atoms. The lowest BCUT2D eigenvalue weighted by Gasteiger charge is -2.10. The van der Waals surface area contributed by atoms with E-state index in [0.29, 0.717) is 16.0 Å². The Morgan fingerprint density at radius 3 is 2.42 bits per heavy atom. The number of benzene rings is 4. The van der Waals surface area contributed by atoms with Gasteiger partial charge in [-0.05, 0) is 53.6 Å². The van der Waals surface area contributed by atoms with Gasteiger partial charge in [0.1, 0.15) is 0 Å². The number of rotatable bonds is 7. The number of carbonyl (C=O) groups excluding carboxylic acids is 1. The highest BCUT2D eigenvalue weighted by Crippen LogP contribution is 2.28. The summed E-state index contributed by atoms with van der Waals surface area (Å²) >= 11 is 7.39. The first-order valence-electron chi connectivity index (χ1n) is 11.3. The van der Waals surface area contributed by atoms with E-state index in [1.54, 1.807) is 0 Å². The van der Waals surface area contributed by atoms with E-state index in [2.05, 4.69) is 45.0 Å². The minimum absolute atomic E-state index is 0.134. The third kappa shape index (κ3) is 5.32. The predicted octanol–water partition coefficient (Wildman–Crippen LogP) is 6.37. The third-order valence-corrected chi connectivity index (χ3v) is 6.78. The molecule has 1 aromatic heterocycles. The van der Waals surface area contributed by atoms with E-state index in [1.165, 1.54) is 11.8 Å². The molecular formula is C28H22ClN5OS. The van der Waals surface area contributed by atoms with Crippen molar-refractivity contribution in [1.82, 2.24) is 20.2 Å². The molecule has 0 radical (unpaired) electrons. The van der Waals surface area contributed by atoms with Crippen LogP contribution < -0.4 is 5.43 Å². The molecule has 0 aliphatic heterocycles. The molecule has 0 unspecified atom stereocenters. The maximum Gasteiger partial charge on any atom is 0.250 e. The lowest BCUT2D eigenvalue weighted by atomic mass is 10.0. The Hall–Kier alpha value is -3.94. The maximum atomic E-state index is 12.6. The predicted molar refractivity (Wildman–Crippen MR) is 147 cm³/mol. The van der Waals surface area contributed by atoms with Crippen LogP contribution in [0.4, 0.5) is 0 Å². The Morgan fingerprint density at radius 1 is 0.917 bits per heavy atom. The summed E-state index contributed by atoms with van der Waals surface area (Å²) in [6, 6.07) is 31.5. The molecule has 0 saturated carbocycles. The van der Waals surface area contributed by atoms with Crippen molar-refractivity contribution in [2.45, 2.75) is 12.1 Å². The average Bonchev–Trinajstić information content (AvgIpc) is 3.35. The van der Waals surface area contributed by atoms with Crippen LogP contribution in [0.1, 0.15) is 12.5 Å². The lowest BCUT2D eigenvalue weighted by molar-refractivity contribution is -0.118. The number of hydrogen-bond donors (Lipinski definition) is 1. The Labute approximate surface area is 218 Å². The van der Waals surface area contributed by atoms with Crippen LogP contribution in [0.3, 0.4) is 0 Å². The van der Waals surface area contributed by atoms with Crippen LogP contribution in [0.15, 0.2) is 107 Å². The molecule has 6 nitrogen and oxygen atoms in total. The van der Waals surface area contributed by atoms with E-state index in [-0.39, 0.29) is 11.7 Å². The summed E-state index contributed by atoms with van der Waals surface area (Å²) in [6.07, 6.45) is 0. The minimum atomic E-state index is -0.230. The smallest absolute Gasteiger partial charge is 0.250 e. The van der Waals surface area contributed by atoms with Gasteiger partial charge in [-0.3, -0.25) is 9.36 Å². The van der Waals surface area contributed by atoms with Crippen LogP contribution in [-0.2, 0) is 4.79 Å². The quantitative estimate of drug-likeness (QED) is 0.156. The molecule has 5 aromatic rings. The fourth-order valence-electron chi connectivity index (χ4n) is 3.75. The van der Waals surface area contributed by atoms with E-state index < -0.39 is 0 Å². The molecule has 0 fully saturated rings. The Balaban J connectivity index is 1.32. The first kappa shape index (κ1) is 23.8. The van der Waals surface area contributed by atoms with Crippen LogP contribution in [0, 0.1) is 0 Å². The van der Waals surface area contributed by atoms with E-state index in [9.17, 15) is 4.79 Å². The van der Waals surface area contributed by atoms with Crippen LogP contribution in [0.5, 0.6) is 0 Å². The molecule has 1 amide bonds. The summed E-state index contributed by atoms with van der Waals surface area (Å²) in [6.45, 7) is 1.88. The summed E-state index contributed by atoms with van der Waals surface area (Å²) in [5, 5.41) is 16.6. The lowest BCUT2D eigenvalue weighted by Crippen LogP contribution is -2.21. The second-order valence-electron chi connectivity index (χ2n) is 8.07. The van der Waals surface area contributed by atoms with Crippen molar-refractivity contribution in [2.75, 3.05) is 5.75 Å². The van der Waals surface area contributed by atoms with Gasteiger partial charge in [0.2, 0.25) is 0 Å². The number of fused-ring (bicyclic) bond motifs is 1. The van der Waals surface area contributed by atoms with Gasteiger partial charge in [0.05, 0.1) is 11.5 Å². The van der Waals surface area contributed by atoms with Crippen molar-refractivity contribution >= 4 is 45.8 Å². The minimum Gasteiger partial charge on any atom is -0.272 e. The molecule has 0 saturated heterocycles. The first-order chi connectivity index (χ1) is 17.6. The summed E-state index contributed by atoms with van der Waals surface area (Å²) < 4.78 is 1.92. The van der Waals surface area contributed by atoms with Crippen LogP contribution in [0.25, 0.3) is 27.8 Å². The molecule has 0 atom stereocenters. The van der Waals surface area contributed by atoms with Gasteiger partial charge >= 0.3 is 0 Å². The fourth-order valence-corrected chi connectivity index (χ4v) is 4.62. The summed E-state index contributed by atoms with van der Waals surface area (Å²) in [7, 11) is 0. The van der Waals surface area contributed by atoms with Gasteiger partial charge in [-0.1, -0.05) is 90.1 Å². The molecular weight excluding hydrogens is 490 g/mol. The molecule has 36 heavy (non-hydrogen) atoms. The van der Waals surface area contributed by atoms with Gasteiger partial charge in [-0.15, -0.1) is 10.2 Å². The van der Waals surface area contributed by atoms with Gasteiger partial charge in [0, 0.05) is 16.3 Å².